The van der Waals surface area contributed by atoms with Crippen molar-refractivity contribution in [3.8, 4) is 0 Å². The molecule has 94 heavy (non-hydrogen) atoms. The first-order valence-electron chi connectivity index (χ1n) is 35.1. The van der Waals surface area contributed by atoms with Gasteiger partial charge in [0, 0.05) is 189 Å². The number of piperidine rings is 4. The molecule has 21 nitrogen and oxygen atoms in total. The number of nitrogens with zero attached hydrogens (tertiary/aromatic N) is 16. The van der Waals surface area contributed by atoms with Crippen molar-refractivity contribution in [2.24, 2.45) is 5.73 Å². The van der Waals surface area contributed by atoms with Gasteiger partial charge in [-0.15, -0.1) is 11.6 Å². The van der Waals surface area contributed by atoms with E-state index in [4.69, 9.17) is 27.3 Å². The summed E-state index contributed by atoms with van der Waals surface area (Å²) in [5.41, 5.74) is 12.9. The average Bonchev–Trinajstić information content (AvgIpc) is 1.63. The minimum atomic E-state index is 0.221. The molecule has 6 aliphatic rings. The van der Waals surface area contributed by atoms with Gasteiger partial charge in [-0.3, -0.25) is 78.4 Å². The van der Waals surface area contributed by atoms with Crippen LogP contribution in [0.4, 0.5) is 0 Å². The highest BCUT2D eigenvalue weighted by atomic mass is 35.5. The molecule has 2 N–H and O–H groups in total. The van der Waals surface area contributed by atoms with Crippen molar-refractivity contribution < 1.29 is 19.2 Å². The van der Waals surface area contributed by atoms with Crippen LogP contribution in [0.5, 0.6) is 0 Å². The second kappa shape index (κ2) is 40.2. The van der Waals surface area contributed by atoms with Gasteiger partial charge < -0.3 is 25.3 Å². The van der Waals surface area contributed by atoms with Crippen LogP contribution in [0.3, 0.4) is 0 Å². The Morgan fingerprint density at radius 3 is 0.936 bits per heavy atom. The molecule has 0 radical (unpaired) electrons. The number of nitrogens with two attached hydrogens (primary N) is 1. The molecule has 0 saturated carbocycles. The first-order chi connectivity index (χ1) is 46.1. The van der Waals surface area contributed by atoms with Crippen molar-refractivity contribution in [2.45, 2.75) is 122 Å². The summed E-state index contributed by atoms with van der Waals surface area (Å²) in [7, 11) is 0. The van der Waals surface area contributed by atoms with Crippen LogP contribution in [0.1, 0.15) is 117 Å². The molecular weight excluding hydrogens is 1200 g/mol. The molecule has 11 heterocycles. The Labute approximate surface area is 565 Å². The van der Waals surface area contributed by atoms with E-state index in [-0.39, 0.29) is 23.6 Å². The molecule has 22 heteroatoms. The van der Waals surface area contributed by atoms with Gasteiger partial charge in [-0.25, -0.2) is 0 Å². The van der Waals surface area contributed by atoms with Crippen molar-refractivity contribution in [1.29, 1.82) is 0 Å². The lowest BCUT2D eigenvalue weighted by molar-refractivity contribution is -0.134. The molecule has 4 amide bonds. The third kappa shape index (κ3) is 25.3. The molecule has 510 valence electrons. The minimum absolute atomic E-state index is 0.221. The van der Waals surface area contributed by atoms with Gasteiger partial charge in [0.25, 0.3) is 0 Å². The second-order valence-corrected chi connectivity index (χ2v) is 26.4. The number of fused-ring (bicyclic) bond motifs is 4. The molecule has 0 spiro atoms. The molecular formula is C72H106ClN17O4. The smallest absolute Gasteiger partial charge is 0.236 e. The maximum Gasteiger partial charge on any atom is 0.236 e. The Morgan fingerprint density at radius 2 is 0.660 bits per heavy atom. The van der Waals surface area contributed by atoms with Crippen molar-refractivity contribution >= 4 is 35.2 Å². The van der Waals surface area contributed by atoms with Crippen molar-refractivity contribution in [3.05, 3.63) is 149 Å². The normalized spacial score (nSPS) is 19.1. The van der Waals surface area contributed by atoms with Gasteiger partial charge in [-0.1, -0.05) is 30.3 Å². The predicted molar refractivity (Wildman–Crippen MR) is 370 cm³/mol. The van der Waals surface area contributed by atoms with E-state index < -0.39 is 0 Å². The van der Waals surface area contributed by atoms with Gasteiger partial charge in [0.05, 0.1) is 71.9 Å². The van der Waals surface area contributed by atoms with Crippen LogP contribution >= 0.6 is 11.6 Å². The molecule has 5 aromatic rings. The Morgan fingerprint density at radius 1 is 0.362 bits per heavy atom. The van der Waals surface area contributed by atoms with E-state index in [0.717, 1.165) is 229 Å². The van der Waals surface area contributed by atoms with Gasteiger partial charge in [0.2, 0.25) is 23.6 Å². The zero-order chi connectivity index (χ0) is 65.4. The van der Waals surface area contributed by atoms with Crippen LogP contribution in [0.2, 0.25) is 0 Å². The van der Waals surface area contributed by atoms with E-state index in [1.165, 1.54) is 25.7 Å². The maximum atomic E-state index is 13.5. The van der Waals surface area contributed by atoms with Crippen LogP contribution in [0.25, 0.3) is 0 Å². The van der Waals surface area contributed by atoms with E-state index in [1.54, 1.807) is 6.20 Å². The highest BCUT2D eigenvalue weighted by Gasteiger charge is 2.27. The molecule has 0 aliphatic carbocycles. The van der Waals surface area contributed by atoms with Crippen molar-refractivity contribution in [1.82, 2.24) is 78.8 Å². The van der Waals surface area contributed by atoms with E-state index in [1.807, 2.05) is 74.5 Å². The van der Waals surface area contributed by atoms with E-state index in [0.29, 0.717) is 64.8 Å². The zero-order valence-electron chi connectivity index (χ0n) is 56.0. The SMILES string of the molecule is ClCc1ccccn1.NCCN1CCN(CC(=O)N2CCCCC2)Cc2cccc(n2)CN(CC(=O)N2CCCCC2)CC1.O=C(CN1CCN(CCN(Cc2ccccn2)Cc2ccccn2)CCN(CC(=O)N2CCCCC2)Cc2cccc(n2)C1)N1CCCCC1. The minimum Gasteiger partial charge on any atom is -0.342 e. The van der Waals surface area contributed by atoms with Crippen LogP contribution in [-0.4, -0.2) is 260 Å². The van der Waals surface area contributed by atoms with E-state index in [2.05, 4.69) is 97.8 Å². The predicted octanol–water partition coefficient (Wildman–Crippen LogP) is 6.32. The highest BCUT2D eigenvalue weighted by molar-refractivity contribution is 6.16. The third-order valence-electron chi connectivity index (χ3n) is 18.7. The number of amides is 4. The van der Waals surface area contributed by atoms with E-state index >= 15 is 0 Å². The number of aromatic nitrogens is 5. The van der Waals surface area contributed by atoms with Crippen LogP contribution in [-0.2, 0) is 64.3 Å². The average molecular weight is 1310 g/mol. The fourth-order valence-electron chi connectivity index (χ4n) is 13.3. The molecule has 6 aliphatic heterocycles. The van der Waals surface area contributed by atoms with Gasteiger partial charge in [0.1, 0.15) is 0 Å². The van der Waals surface area contributed by atoms with Gasteiger partial charge >= 0.3 is 0 Å². The monoisotopic (exact) mass is 1310 g/mol. The van der Waals surface area contributed by atoms with Gasteiger partial charge in [-0.05, 0) is 138 Å². The van der Waals surface area contributed by atoms with Crippen LogP contribution < -0.4 is 5.73 Å². The van der Waals surface area contributed by atoms with Crippen LogP contribution in [0, 0.1) is 0 Å². The standard InChI is InChI=1S/C39H55N9O2.C27H45N7O2.C6H6ClN/c49-38(47-18-7-1-8-19-47)32-45-26-23-43(22-25-44(28-34-12-3-5-16-40-34)29-35-13-4-6-17-41-35)24-27-46(31-37-15-11-14-36(30-45)42-37)33-39(50)48-20-9-2-10-21-48;28-10-15-30-16-18-31(22-26(35)33-11-3-1-4-12-33)20-24-8-7-9-25(29-24)21-32(19-17-30)23-27(36)34-13-5-2-6-14-34;7-5-6-3-1-2-4-8-6/h3-6,11-17H,1-2,7-10,18-33H2;7-9H,1-6,10-23,28H2;1-4H,5H2. The number of hydrogen-bond acceptors (Lipinski definition) is 17. The molecule has 5 aromatic heterocycles. The Balaban J connectivity index is 0.000000206. The number of halogens is 1. The van der Waals surface area contributed by atoms with Crippen LogP contribution in [0.15, 0.2) is 110 Å². The Hall–Kier alpha value is -6.40. The van der Waals surface area contributed by atoms with E-state index in [9.17, 15) is 19.2 Å². The number of carbonyl (C=O) groups excluding carboxylic acids is 4. The highest BCUT2D eigenvalue weighted by Crippen LogP contribution is 2.18. The summed E-state index contributed by atoms with van der Waals surface area (Å²) in [6, 6.07) is 30.2. The summed E-state index contributed by atoms with van der Waals surface area (Å²) in [5.74, 6) is 1.40. The van der Waals surface area contributed by atoms with Crippen molar-refractivity contribution in [3.63, 3.8) is 0 Å². The lowest BCUT2D eigenvalue weighted by Crippen LogP contribution is -2.48. The number of pyridine rings is 5. The molecule has 11 rings (SSSR count). The summed E-state index contributed by atoms with van der Waals surface area (Å²) in [4.78, 5) is 101. The fraction of sp³-hybridized carbons (Fsp3) is 0.597. The third-order valence-corrected chi connectivity index (χ3v) is 19.0. The molecule has 4 saturated heterocycles. The number of hydrogen-bond donors (Lipinski definition) is 1. The summed E-state index contributed by atoms with van der Waals surface area (Å²) in [6.07, 6.45) is 19.1. The lowest BCUT2D eigenvalue weighted by Gasteiger charge is -2.34. The summed E-state index contributed by atoms with van der Waals surface area (Å²) in [6.45, 7) is 22.2. The fourth-order valence-corrected chi connectivity index (χ4v) is 13.5. The lowest BCUT2D eigenvalue weighted by atomic mass is 10.1. The summed E-state index contributed by atoms with van der Waals surface area (Å²) < 4.78 is 0. The molecule has 4 fully saturated rings. The quantitative estimate of drug-likeness (QED) is 0.0957. The zero-order valence-corrected chi connectivity index (χ0v) is 56.8. The molecule has 0 aromatic carbocycles. The van der Waals surface area contributed by atoms with Gasteiger partial charge in [0.15, 0.2) is 0 Å². The summed E-state index contributed by atoms with van der Waals surface area (Å²) in [5, 5.41) is 0. The topological polar surface area (TPSA) is 194 Å². The Bertz CT molecular complexity index is 2830. The molecule has 0 atom stereocenters. The number of likely N-dealkylation sites (tertiary alicyclic amines) is 4. The first kappa shape index (κ1) is 71.9. The van der Waals surface area contributed by atoms with Crippen molar-refractivity contribution in [2.75, 3.05) is 157 Å². The Kier molecular flexibility index (Phi) is 30.8. The number of alkyl halides is 1. The molecule has 4 bridgehead atoms. The number of rotatable bonds is 18. The first-order valence-corrected chi connectivity index (χ1v) is 35.7. The maximum absolute atomic E-state index is 13.5. The second-order valence-electron chi connectivity index (χ2n) is 26.1. The van der Waals surface area contributed by atoms with Gasteiger partial charge in [-0.2, -0.15) is 0 Å². The number of carbonyl (C=O) groups is 4. The molecule has 0 unspecified atom stereocenters. The summed E-state index contributed by atoms with van der Waals surface area (Å²) >= 11 is 5.46. The largest absolute Gasteiger partial charge is 0.342 e.